The van der Waals surface area contributed by atoms with Gasteiger partial charge in [-0.3, -0.25) is 4.90 Å². The molecule has 1 heterocycles. The largest absolute Gasteiger partial charge is 0.392 e. The molecule has 1 N–H and O–H groups in total. The van der Waals surface area contributed by atoms with Crippen LogP contribution in [0, 0.1) is 5.82 Å². The number of aliphatic hydroxyl groups excluding tert-OH is 1. The van der Waals surface area contributed by atoms with E-state index >= 15 is 0 Å². The molecule has 0 aliphatic carbocycles. The Labute approximate surface area is 161 Å². The maximum Gasteiger partial charge on any atom is 0.123 e. The van der Waals surface area contributed by atoms with Crippen LogP contribution in [0.25, 0.3) is 0 Å². The molecule has 0 radical (unpaired) electrons. The number of hydrogen-bond donors (Lipinski definition) is 1. The van der Waals surface area contributed by atoms with Gasteiger partial charge in [-0.1, -0.05) is 18.2 Å². The Morgan fingerprint density at radius 3 is 2.93 bits per heavy atom. The van der Waals surface area contributed by atoms with Crippen LogP contribution in [0.15, 0.2) is 55.3 Å². The number of benzene rings is 1. The highest BCUT2D eigenvalue weighted by Gasteiger charge is 2.14. The number of methoxy groups -OCH3 is 1. The van der Waals surface area contributed by atoms with Gasteiger partial charge in [0.1, 0.15) is 5.82 Å². The summed E-state index contributed by atoms with van der Waals surface area (Å²) in [7, 11) is 1.70. The first kappa shape index (κ1) is 21.4. The van der Waals surface area contributed by atoms with Crippen LogP contribution in [0.1, 0.15) is 30.5 Å². The van der Waals surface area contributed by atoms with E-state index in [-0.39, 0.29) is 11.9 Å². The molecular formula is C22H31FN2O2. The third kappa shape index (κ3) is 7.67. The van der Waals surface area contributed by atoms with Crippen molar-refractivity contribution in [1.29, 1.82) is 0 Å². The molecule has 0 aliphatic rings. The van der Waals surface area contributed by atoms with E-state index < -0.39 is 0 Å². The van der Waals surface area contributed by atoms with Crippen molar-refractivity contribution < 1.29 is 14.2 Å². The van der Waals surface area contributed by atoms with Crippen LogP contribution in [0.3, 0.4) is 0 Å². The molecule has 0 fully saturated rings. The van der Waals surface area contributed by atoms with Gasteiger partial charge in [0.2, 0.25) is 0 Å². The van der Waals surface area contributed by atoms with Crippen LogP contribution >= 0.6 is 0 Å². The quantitative estimate of drug-likeness (QED) is 0.428. The van der Waals surface area contributed by atoms with Gasteiger partial charge in [-0.15, -0.1) is 6.58 Å². The zero-order chi connectivity index (χ0) is 19.5. The third-order valence-corrected chi connectivity index (χ3v) is 4.55. The predicted octanol–water partition coefficient (Wildman–Crippen LogP) is 3.84. The minimum atomic E-state index is -0.378. The van der Waals surface area contributed by atoms with Crippen LogP contribution in [-0.4, -0.2) is 47.5 Å². The van der Waals surface area contributed by atoms with Crippen molar-refractivity contribution in [3.05, 3.63) is 72.3 Å². The molecule has 0 amide bonds. The molecule has 148 valence electrons. The maximum absolute atomic E-state index is 13.5. The molecule has 2 rings (SSSR count). The molecule has 27 heavy (non-hydrogen) atoms. The number of nitrogens with zero attached hydrogens (tertiary/aromatic N) is 2. The Morgan fingerprint density at radius 2 is 2.19 bits per heavy atom. The van der Waals surface area contributed by atoms with Crippen molar-refractivity contribution in [3.63, 3.8) is 0 Å². The highest BCUT2D eigenvalue weighted by atomic mass is 19.1. The van der Waals surface area contributed by atoms with Gasteiger partial charge in [0.05, 0.1) is 6.10 Å². The second-order valence-electron chi connectivity index (χ2n) is 6.86. The summed E-state index contributed by atoms with van der Waals surface area (Å²) >= 11 is 0. The summed E-state index contributed by atoms with van der Waals surface area (Å²) in [6, 6.07) is 10.8. The average molecular weight is 375 g/mol. The van der Waals surface area contributed by atoms with Crippen molar-refractivity contribution in [3.8, 4) is 0 Å². The third-order valence-electron chi connectivity index (χ3n) is 4.55. The Bertz CT molecular complexity index is 686. The Hall–Kier alpha value is -1.95. The maximum atomic E-state index is 13.5. The highest BCUT2D eigenvalue weighted by Crippen LogP contribution is 2.13. The molecule has 0 spiro atoms. The number of ether oxygens (including phenoxy) is 1. The summed E-state index contributed by atoms with van der Waals surface area (Å²) in [5.74, 6) is -0.215. The number of aromatic nitrogens is 1. The second-order valence-corrected chi connectivity index (χ2v) is 6.86. The lowest BCUT2D eigenvalue weighted by Crippen LogP contribution is -2.34. The van der Waals surface area contributed by atoms with Crippen molar-refractivity contribution in [2.75, 3.05) is 26.8 Å². The summed E-state index contributed by atoms with van der Waals surface area (Å²) in [4.78, 5) is 2.25. The first-order valence-electron chi connectivity index (χ1n) is 9.51. The van der Waals surface area contributed by atoms with Gasteiger partial charge in [0.25, 0.3) is 0 Å². The predicted molar refractivity (Wildman–Crippen MR) is 107 cm³/mol. The molecule has 0 bridgehead atoms. The minimum Gasteiger partial charge on any atom is -0.392 e. The van der Waals surface area contributed by atoms with Crippen LogP contribution in [0.5, 0.6) is 0 Å². The fourth-order valence-corrected chi connectivity index (χ4v) is 3.18. The van der Waals surface area contributed by atoms with Crippen LogP contribution in [-0.2, 0) is 17.8 Å². The lowest BCUT2D eigenvalue weighted by atomic mass is 10.1. The van der Waals surface area contributed by atoms with Crippen molar-refractivity contribution in [2.24, 2.45) is 0 Å². The van der Waals surface area contributed by atoms with E-state index in [1.165, 1.54) is 6.07 Å². The van der Waals surface area contributed by atoms with E-state index in [0.717, 1.165) is 37.2 Å². The zero-order valence-corrected chi connectivity index (χ0v) is 16.2. The first-order chi connectivity index (χ1) is 13.1. The van der Waals surface area contributed by atoms with Gasteiger partial charge in [0, 0.05) is 51.8 Å². The average Bonchev–Trinajstić information content (AvgIpc) is 3.06. The van der Waals surface area contributed by atoms with Gasteiger partial charge >= 0.3 is 0 Å². The van der Waals surface area contributed by atoms with Crippen molar-refractivity contribution >= 4 is 0 Å². The fraction of sp³-hybridized carbons (Fsp3) is 0.455. The molecule has 0 aliphatic heterocycles. The monoisotopic (exact) mass is 374 g/mol. The fourth-order valence-electron chi connectivity index (χ4n) is 3.18. The van der Waals surface area contributed by atoms with Crippen LogP contribution < -0.4 is 0 Å². The standard InChI is InChI=1S/C22H31FN2O2/c1-3-4-11-22(26)18-24(12-7-14-27-2)17-21-10-6-13-25(21)16-19-8-5-9-20(23)15-19/h3,5-6,8-10,13,15,22,26H,1,4,7,11-12,14,16-18H2,2H3/t22-/m0/s1. The highest BCUT2D eigenvalue weighted by molar-refractivity contribution is 5.18. The lowest BCUT2D eigenvalue weighted by molar-refractivity contribution is 0.0930. The van der Waals surface area contributed by atoms with E-state index in [2.05, 4.69) is 22.1 Å². The second kappa shape index (κ2) is 11.7. The Balaban J connectivity index is 2.02. The summed E-state index contributed by atoms with van der Waals surface area (Å²) in [6.07, 6.45) is 5.91. The molecule has 1 aromatic heterocycles. The molecule has 1 aromatic carbocycles. The number of halogens is 1. The van der Waals surface area contributed by atoms with Gasteiger partial charge in [0.15, 0.2) is 0 Å². The molecule has 5 heteroatoms. The minimum absolute atomic E-state index is 0.215. The Morgan fingerprint density at radius 1 is 1.33 bits per heavy atom. The van der Waals surface area contributed by atoms with Crippen LogP contribution in [0.4, 0.5) is 4.39 Å². The van der Waals surface area contributed by atoms with Gasteiger partial charge in [-0.05, 0) is 49.1 Å². The van der Waals surface area contributed by atoms with Gasteiger partial charge in [-0.2, -0.15) is 0 Å². The molecular weight excluding hydrogens is 343 g/mol. The normalized spacial score (nSPS) is 12.4. The van der Waals surface area contributed by atoms with E-state index in [4.69, 9.17) is 4.74 Å². The van der Waals surface area contributed by atoms with E-state index in [1.807, 2.05) is 24.4 Å². The lowest BCUT2D eigenvalue weighted by Gasteiger charge is -2.25. The van der Waals surface area contributed by atoms with Gasteiger partial charge < -0.3 is 14.4 Å². The molecule has 4 nitrogen and oxygen atoms in total. The van der Waals surface area contributed by atoms with Crippen molar-refractivity contribution in [1.82, 2.24) is 9.47 Å². The molecule has 0 saturated carbocycles. The zero-order valence-electron chi connectivity index (χ0n) is 16.2. The molecule has 0 unspecified atom stereocenters. The summed E-state index contributed by atoms with van der Waals surface area (Å²) in [6.45, 7) is 7.25. The molecule has 0 saturated heterocycles. The SMILES string of the molecule is C=CCC[C@H](O)CN(CCCOC)Cc1cccn1Cc1cccc(F)c1. The van der Waals surface area contributed by atoms with E-state index in [9.17, 15) is 9.50 Å². The summed E-state index contributed by atoms with van der Waals surface area (Å²) in [5.41, 5.74) is 2.08. The smallest absolute Gasteiger partial charge is 0.123 e. The van der Waals surface area contributed by atoms with Crippen LogP contribution in [0.2, 0.25) is 0 Å². The molecule has 1 atom stereocenters. The van der Waals surface area contributed by atoms with E-state index in [1.54, 1.807) is 19.2 Å². The first-order valence-corrected chi connectivity index (χ1v) is 9.51. The van der Waals surface area contributed by atoms with Crippen molar-refractivity contribution in [2.45, 2.75) is 38.5 Å². The Kier molecular flexibility index (Phi) is 9.25. The van der Waals surface area contributed by atoms with E-state index in [0.29, 0.717) is 26.1 Å². The number of allylic oxidation sites excluding steroid dienone is 1. The summed E-state index contributed by atoms with van der Waals surface area (Å²) in [5, 5.41) is 10.3. The topological polar surface area (TPSA) is 37.6 Å². The number of rotatable bonds is 13. The van der Waals surface area contributed by atoms with Gasteiger partial charge in [-0.25, -0.2) is 4.39 Å². The number of aliphatic hydroxyl groups is 1. The number of hydrogen-bond acceptors (Lipinski definition) is 3. The summed E-state index contributed by atoms with van der Waals surface area (Å²) < 4.78 is 20.8. The molecule has 2 aromatic rings.